The van der Waals surface area contributed by atoms with Crippen LogP contribution in [0.4, 0.5) is 11.6 Å². The number of hydrogen-bond acceptors (Lipinski definition) is 5. The number of carbonyl (C=O) groups excluding carboxylic acids is 1. The third kappa shape index (κ3) is 3.94. The van der Waals surface area contributed by atoms with Crippen LogP contribution in [0.15, 0.2) is 41.3 Å². The fourth-order valence-electron chi connectivity index (χ4n) is 3.89. The SMILES string of the molecule is CCC(C)n1nccc1NC(=O)CCn1c(=O)c(N2CCCC2)nc2ccccc21. The number of nitrogens with one attached hydrogen (secondary N) is 1. The third-order valence-electron chi connectivity index (χ3n) is 5.75. The molecule has 3 aromatic rings. The van der Waals surface area contributed by atoms with Gasteiger partial charge < -0.3 is 14.8 Å². The zero-order chi connectivity index (χ0) is 21.1. The number of para-hydroxylation sites is 2. The Morgan fingerprint density at radius 3 is 2.73 bits per heavy atom. The first-order valence-electron chi connectivity index (χ1n) is 10.7. The number of fused-ring (bicyclic) bond motifs is 1. The zero-order valence-corrected chi connectivity index (χ0v) is 17.5. The number of carbonyl (C=O) groups is 1. The maximum absolute atomic E-state index is 13.2. The number of aryl methyl sites for hydroxylation is 1. The first-order valence-corrected chi connectivity index (χ1v) is 10.7. The van der Waals surface area contributed by atoms with E-state index in [2.05, 4.69) is 34.1 Å². The van der Waals surface area contributed by atoms with Gasteiger partial charge in [-0.15, -0.1) is 0 Å². The van der Waals surface area contributed by atoms with Crippen molar-refractivity contribution in [2.75, 3.05) is 23.3 Å². The molecule has 1 aliphatic heterocycles. The Kier molecular flexibility index (Phi) is 5.83. The van der Waals surface area contributed by atoms with E-state index in [1.165, 1.54) is 0 Å². The van der Waals surface area contributed by atoms with Crippen LogP contribution >= 0.6 is 0 Å². The van der Waals surface area contributed by atoms with E-state index in [1.54, 1.807) is 16.8 Å². The lowest BCUT2D eigenvalue weighted by Gasteiger charge is -2.19. The molecule has 30 heavy (non-hydrogen) atoms. The second-order valence-electron chi connectivity index (χ2n) is 7.79. The van der Waals surface area contributed by atoms with Gasteiger partial charge in [-0.05, 0) is 38.3 Å². The average Bonchev–Trinajstić information content (AvgIpc) is 3.44. The number of benzene rings is 1. The molecule has 1 aliphatic rings. The van der Waals surface area contributed by atoms with Crippen molar-refractivity contribution in [3.8, 4) is 0 Å². The standard InChI is InChI=1S/C22H28N6O2/c1-3-16(2)28-19(10-12-23-28)25-20(29)11-15-27-18-9-5-4-8-17(18)24-21(22(27)30)26-13-6-7-14-26/h4-5,8-10,12,16H,3,6-7,11,13-15H2,1-2H3,(H,25,29). The Balaban J connectivity index is 1.56. The van der Waals surface area contributed by atoms with Gasteiger partial charge in [-0.25, -0.2) is 9.67 Å². The molecule has 1 aromatic carbocycles. The molecule has 1 unspecified atom stereocenters. The lowest BCUT2D eigenvalue weighted by Crippen LogP contribution is -2.32. The number of rotatable bonds is 7. The van der Waals surface area contributed by atoms with Gasteiger partial charge in [0.2, 0.25) is 5.91 Å². The zero-order valence-electron chi connectivity index (χ0n) is 17.5. The van der Waals surface area contributed by atoms with Crippen molar-refractivity contribution in [3.63, 3.8) is 0 Å². The van der Waals surface area contributed by atoms with Crippen LogP contribution in [-0.4, -0.2) is 38.3 Å². The second kappa shape index (κ2) is 8.69. The molecule has 0 spiro atoms. The van der Waals surface area contributed by atoms with E-state index in [-0.39, 0.29) is 23.9 Å². The smallest absolute Gasteiger partial charge is 0.294 e. The lowest BCUT2D eigenvalue weighted by atomic mass is 10.2. The molecule has 1 amide bonds. The number of hydrogen-bond donors (Lipinski definition) is 1. The Hall–Kier alpha value is -3.16. The molecule has 1 fully saturated rings. The molecule has 0 saturated carbocycles. The minimum atomic E-state index is -0.143. The van der Waals surface area contributed by atoms with E-state index >= 15 is 0 Å². The topological polar surface area (TPSA) is 85.0 Å². The minimum absolute atomic E-state index is 0.131. The highest BCUT2D eigenvalue weighted by molar-refractivity contribution is 5.90. The van der Waals surface area contributed by atoms with Gasteiger partial charge in [-0.2, -0.15) is 5.10 Å². The highest BCUT2D eigenvalue weighted by atomic mass is 16.2. The molecule has 8 nitrogen and oxygen atoms in total. The van der Waals surface area contributed by atoms with Crippen molar-refractivity contribution >= 4 is 28.6 Å². The molecule has 8 heteroatoms. The van der Waals surface area contributed by atoms with Gasteiger partial charge >= 0.3 is 0 Å². The number of amides is 1. The second-order valence-corrected chi connectivity index (χ2v) is 7.79. The summed E-state index contributed by atoms with van der Waals surface area (Å²) in [6.07, 6.45) is 4.94. The van der Waals surface area contributed by atoms with Crippen LogP contribution in [0.2, 0.25) is 0 Å². The van der Waals surface area contributed by atoms with E-state index < -0.39 is 0 Å². The molecule has 0 aliphatic carbocycles. The predicted molar refractivity (Wildman–Crippen MR) is 118 cm³/mol. The van der Waals surface area contributed by atoms with Crippen LogP contribution in [0, 0.1) is 0 Å². The molecule has 1 atom stereocenters. The van der Waals surface area contributed by atoms with Crippen molar-refractivity contribution in [1.29, 1.82) is 0 Å². The summed E-state index contributed by atoms with van der Waals surface area (Å²) >= 11 is 0. The summed E-state index contributed by atoms with van der Waals surface area (Å²) in [6.45, 7) is 6.13. The van der Waals surface area contributed by atoms with Crippen molar-refractivity contribution in [3.05, 3.63) is 46.9 Å². The summed E-state index contributed by atoms with van der Waals surface area (Å²) in [4.78, 5) is 32.5. The predicted octanol–water partition coefficient (Wildman–Crippen LogP) is 3.19. The molecule has 4 rings (SSSR count). The Bertz CT molecular complexity index is 1100. The number of nitrogens with zero attached hydrogens (tertiary/aromatic N) is 5. The van der Waals surface area contributed by atoms with Crippen molar-refractivity contribution in [2.24, 2.45) is 0 Å². The van der Waals surface area contributed by atoms with Gasteiger partial charge in [-0.3, -0.25) is 9.59 Å². The molecular formula is C22H28N6O2. The van der Waals surface area contributed by atoms with Gasteiger partial charge in [0.15, 0.2) is 5.82 Å². The summed E-state index contributed by atoms with van der Waals surface area (Å²) in [5.74, 6) is 1.02. The van der Waals surface area contributed by atoms with E-state index in [4.69, 9.17) is 0 Å². The van der Waals surface area contributed by atoms with Crippen molar-refractivity contribution in [1.82, 2.24) is 19.3 Å². The van der Waals surface area contributed by atoms with Gasteiger partial charge in [0.05, 0.1) is 23.3 Å². The summed E-state index contributed by atoms with van der Waals surface area (Å²) in [5, 5.41) is 7.24. The fraction of sp³-hybridized carbons (Fsp3) is 0.455. The molecule has 3 heterocycles. The first-order chi connectivity index (χ1) is 14.6. The van der Waals surface area contributed by atoms with Crippen LogP contribution < -0.4 is 15.8 Å². The normalized spacial score (nSPS) is 14.9. The number of anilines is 2. The summed E-state index contributed by atoms with van der Waals surface area (Å²) < 4.78 is 3.50. The minimum Gasteiger partial charge on any atom is -0.352 e. The lowest BCUT2D eigenvalue weighted by molar-refractivity contribution is -0.116. The molecule has 1 saturated heterocycles. The van der Waals surface area contributed by atoms with Crippen LogP contribution in [0.5, 0.6) is 0 Å². The monoisotopic (exact) mass is 408 g/mol. The molecule has 0 radical (unpaired) electrons. The maximum atomic E-state index is 13.2. The molecule has 1 N–H and O–H groups in total. The van der Waals surface area contributed by atoms with Gasteiger partial charge in [0, 0.05) is 32.1 Å². The van der Waals surface area contributed by atoms with E-state index in [0.717, 1.165) is 43.4 Å². The maximum Gasteiger partial charge on any atom is 0.294 e. The summed E-state index contributed by atoms with van der Waals surface area (Å²) in [6, 6.07) is 9.60. The van der Waals surface area contributed by atoms with Gasteiger partial charge in [-0.1, -0.05) is 19.1 Å². The van der Waals surface area contributed by atoms with Crippen molar-refractivity contribution < 1.29 is 4.79 Å². The fourth-order valence-corrected chi connectivity index (χ4v) is 3.89. The summed E-state index contributed by atoms with van der Waals surface area (Å²) in [7, 11) is 0. The van der Waals surface area contributed by atoms with Crippen LogP contribution in [0.25, 0.3) is 11.0 Å². The van der Waals surface area contributed by atoms with Crippen LogP contribution in [-0.2, 0) is 11.3 Å². The van der Waals surface area contributed by atoms with Gasteiger partial charge in [0.25, 0.3) is 5.56 Å². The highest BCUT2D eigenvalue weighted by Gasteiger charge is 2.20. The largest absolute Gasteiger partial charge is 0.352 e. The number of aromatic nitrogens is 4. The molecule has 0 bridgehead atoms. The Morgan fingerprint density at radius 1 is 1.20 bits per heavy atom. The Labute approximate surface area is 175 Å². The highest BCUT2D eigenvalue weighted by Crippen LogP contribution is 2.19. The van der Waals surface area contributed by atoms with E-state index in [0.29, 0.717) is 18.2 Å². The summed E-state index contributed by atoms with van der Waals surface area (Å²) in [5.41, 5.74) is 1.39. The first kappa shape index (κ1) is 20.1. The Morgan fingerprint density at radius 2 is 1.97 bits per heavy atom. The molecule has 2 aromatic heterocycles. The van der Waals surface area contributed by atoms with Crippen LogP contribution in [0.3, 0.4) is 0 Å². The van der Waals surface area contributed by atoms with Crippen LogP contribution in [0.1, 0.15) is 45.6 Å². The molecule has 158 valence electrons. The average molecular weight is 409 g/mol. The van der Waals surface area contributed by atoms with E-state index in [9.17, 15) is 9.59 Å². The molecular weight excluding hydrogens is 380 g/mol. The third-order valence-corrected chi connectivity index (χ3v) is 5.75. The van der Waals surface area contributed by atoms with E-state index in [1.807, 2.05) is 28.9 Å². The van der Waals surface area contributed by atoms with Gasteiger partial charge in [0.1, 0.15) is 5.82 Å². The van der Waals surface area contributed by atoms with Crippen molar-refractivity contribution in [2.45, 2.75) is 52.1 Å². The quantitative estimate of drug-likeness (QED) is 0.649.